The van der Waals surface area contributed by atoms with Crippen LogP contribution in [0.25, 0.3) is 0 Å². The van der Waals surface area contributed by atoms with E-state index in [1.807, 2.05) is 6.92 Å². The summed E-state index contributed by atoms with van der Waals surface area (Å²) in [4.78, 5) is 0.265. The van der Waals surface area contributed by atoms with Crippen LogP contribution in [0.2, 0.25) is 0 Å². The first-order valence-electron chi connectivity index (χ1n) is 7.20. The fraction of sp³-hybridized carbons (Fsp3) is 0.571. The zero-order chi connectivity index (χ0) is 14.9. The number of piperazine rings is 1. The SMILES string of the molecule is C[C@@H]1CN(S(=O)(=O)c2ccc3c(c2)OCCCO3)CCN1. The molecule has 1 N–H and O–H groups in total. The van der Waals surface area contributed by atoms with Gasteiger partial charge in [-0.2, -0.15) is 4.31 Å². The first-order chi connectivity index (χ1) is 10.1. The molecule has 0 aliphatic carbocycles. The van der Waals surface area contributed by atoms with Crippen molar-refractivity contribution in [3.8, 4) is 11.5 Å². The predicted octanol–water partition coefficient (Wildman–Crippen LogP) is 0.830. The Kier molecular flexibility index (Phi) is 4.05. The molecule has 7 heteroatoms. The van der Waals surface area contributed by atoms with Crippen LogP contribution in [-0.2, 0) is 10.0 Å². The van der Waals surface area contributed by atoms with Gasteiger partial charge in [0.05, 0.1) is 18.1 Å². The van der Waals surface area contributed by atoms with Gasteiger partial charge in [0.2, 0.25) is 10.0 Å². The maximum absolute atomic E-state index is 12.7. The number of nitrogens with one attached hydrogen (secondary N) is 1. The molecule has 0 amide bonds. The van der Waals surface area contributed by atoms with Crippen LogP contribution < -0.4 is 14.8 Å². The van der Waals surface area contributed by atoms with Gasteiger partial charge in [0, 0.05) is 38.2 Å². The molecule has 0 aromatic heterocycles. The molecule has 0 saturated carbocycles. The summed E-state index contributed by atoms with van der Waals surface area (Å²) >= 11 is 0. The maximum Gasteiger partial charge on any atom is 0.243 e. The summed E-state index contributed by atoms with van der Waals surface area (Å²) in [5.41, 5.74) is 0. The van der Waals surface area contributed by atoms with E-state index in [0.717, 1.165) is 6.42 Å². The molecule has 0 bridgehead atoms. The molecule has 1 fully saturated rings. The van der Waals surface area contributed by atoms with E-state index in [1.54, 1.807) is 18.2 Å². The van der Waals surface area contributed by atoms with E-state index in [9.17, 15) is 8.42 Å². The van der Waals surface area contributed by atoms with Crippen LogP contribution in [0.4, 0.5) is 0 Å². The highest BCUT2D eigenvalue weighted by Crippen LogP contribution is 2.33. The van der Waals surface area contributed by atoms with Gasteiger partial charge in [0.15, 0.2) is 11.5 Å². The van der Waals surface area contributed by atoms with E-state index >= 15 is 0 Å². The van der Waals surface area contributed by atoms with E-state index in [2.05, 4.69) is 5.32 Å². The molecule has 1 atom stereocenters. The molecule has 6 nitrogen and oxygen atoms in total. The van der Waals surface area contributed by atoms with Crippen molar-refractivity contribution in [2.45, 2.75) is 24.3 Å². The molecule has 116 valence electrons. The molecule has 0 spiro atoms. The molecule has 1 aromatic rings. The first-order valence-corrected chi connectivity index (χ1v) is 8.64. The number of ether oxygens (including phenoxy) is 2. The Morgan fingerprint density at radius 3 is 2.76 bits per heavy atom. The lowest BCUT2D eigenvalue weighted by Crippen LogP contribution is -2.51. The molecular formula is C14H20N2O4S. The summed E-state index contributed by atoms with van der Waals surface area (Å²) in [5, 5.41) is 3.24. The lowest BCUT2D eigenvalue weighted by atomic mass is 10.3. The van der Waals surface area contributed by atoms with Crippen LogP contribution in [-0.4, -0.2) is 51.6 Å². The van der Waals surface area contributed by atoms with Gasteiger partial charge in [-0.15, -0.1) is 0 Å². The van der Waals surface area contributed by atoms with Gasteiger partial charge in [-0.05, 0) is 19.1 Å². The quantitative estimate of drug-likeness (QED) is 0.876. The van der Waals surface area contributed by atoms with Gasteiger partial charge in [-0.3, -0.25) is 0 Å². The minimum absolute atomic E-state index is 0.161. The fourth-order valence-corrected chi connectivity index (χ4v) is 4.11. The second-order valence-electron chi connectivity index (χ2n) is 5.38. The van der Waals surface area contributed by atoms with Gasteiger partial charge in [-0.1, -0.05) is 0 Å². The lowest BCUT2D eigenvalue weighted by molar-refractivity contribution is 0.296. The number of fused-ring (bicyclic) bond motifs is 1. The molecule has 0 unspecified atom stereocenters. The van der Waals surface area contributed by atoms with Crippen molar-refractivity contribution < 1.29 is 17.9 Å². The Balaban J connectivity index is 1.90. The van der Waals surface area contributed by atoms with Gasteiger partial charge in [0.1, 0.15) is 0 Å². The maximum atomic E-state index is 12.7. The van der Waals surface area contributed by atoms with Crippen molar-refractivity contribution in [3.63, 3.8) is 0 Å². The molecule has 3 rings (SSSR count). The fourth-order valence-electron chi connectivity index (χ4n) is 2.57. The topological polar surface area (TPSA) is 67.9 Å². The number of hydrogen-bond donors (Lipinski definition) is 1. The Morgan fingerprint density at radius 1 is 1.24 bits per heavy atom. The van der Waals surface area contributed by atoms with Crippen molar-refractivity contribution in [1.29, 1.82) is 0 Å². The van der Waals surface area contributed by atoms with Crippen LogP contribution in [0.5, 0.6) is 11.5 Å². The monoisotopic (exact) mass is 312 g/mol. The molecule has 1 aromatic carbocycles. The second-order valence-corrected chi connectivity index (χ2v) is 7.32. The highest BCUT2D eigenvalue weighted by Gasteiger charge is 2.29. The molecule has 1 saturated heterocycles. The highest BCUT2D eigenvalue weighted by molar-refractivity contribution is 7.89. The molecule has 2 heterocycles. The van der Waals surface area contributed by atoms with Crippen molar-refractivity contribution >= 4 is 10.0 Å². The van der Waals surface area contributed by atoms with Crippen molar-refractivity contribution in [2.75, 3.05) is 32.8 Å². The number of nitrogens with zero attached hydrogens (tertiary/aromatic N) is 1. The van der Waals surface area contributed by atoms with E-state index < -0.39 is 10.0 Å². The average Bonchev–Trinajstić information content (AvgIpc) is 2.71. The van der Waals surface area contributed by atoms with Crippen LogP contribution >= 0.6 is 0 Å². The second kappa shape index (κ2) is 5.82. The number of hydrogen-bond acceptors (Lipinski definition) is 5. The Bertz CT molecular complexity index is 617. The van der Waals surface area contributed by atoms with E-state index in [-0.39, 0.29) is 10.9 Å². The van der Waals surface area contributed by atoms with Crippen LogP contribution in [0.1, 0.15) is 13.3 Å². The summed E-state index contributed by atoms with van der Waals surface area (Å²) < 4.78 is 38.0. The Labute approximate surface area is 125 Å². The summed E-state index contributed by atoms with van der Waals surface area (Å²) in [6.45, 7) is 4.76. The van der Waals surface area contributed by atoms with Gasteiger partial charge in [0.25, 0.3) is 0 Å². The lowest BCUT2D eigenvalue weighted by Gasteiger charge is -2.31. The molecule has 21 heavy (non-hydrogen) atoms. The number of rotatable bonds is 2. The first kappa shape index (κ1) is 14.6. The van der Waals surface area contributed by atoms with E-state index in [4.69, 9.17) is 9.47 Å². The smallest absolute Gasteiger partial charge is 0.243 e. The zero-order valence-corrected chi connectivity index (χ0v) is 12.9. The summed E-state index contributed by atoms with van der Waals surface area (Å²) in [5.74, 6) is 1.12. The van der Waals surface area contributed by atoms with Crippen molar-refractivity contribution in [3.05, 3.63) is 18.2 Å². The number of benzene rings is 1. The normalized spacial score (nSPS) is 23.6. The van der Waals surface area contributed by atoms with E-state index in [0.29, 0.717) is 44.3 Å². The molecular weight excluding hydrogens is 292 g/mol. The average molecular weight is 312 g/mol. The van der Waals surface area contributed by atoms with Crippen LogP contribution in [0.3, 0.4) is 0 Å². The van der Waals surface area contributed by atoms with Crippen molar-refractivity contribution in [1.82, 2.24) is 9.62 Å². The third-order valence-corrected chi connectivity index (χ3v) is 5.55. The van der Waals surface area contributed by atoms with E-state index in [1.165, 1.54) is 4.31 Å². The molecule has 2 aliphatic heterocycles. The predicted molar refractivity (Wildman–Crippen MR) is 78.3 cm³/mol. The Hall–Kier alpha value is -1.31. The summed E-state index contributed by atoms with van der Waals surface area (Å²) in [6, 6.07) is 5.01. The van der Waals surface area contributed by atoms with Crippen LogP contribution in [0, 0.1) is 0 Å². The zero-order valence-electron chi connectivity index (χ0n) is 12.0. The van der Waals surface area contributed by atoms with Crippen molar-refractivity contribution in [2.24, 2.45) is 0 Å². The third kappa shape index (κ3) is 3.00. The molecule has 0 radical (unpaired) electrons. The van der Waals surface area contributed by atoms with Crippen LogP contribution in [0.15, 0.2) is 23.1 Å². The Morgan fingerprint density at radius 2 is 2.00 bits per heavy atom. The van der Waals surface area contributed by atoms with Gasteiger partial charge in [-0.25, -0.2) is 8.42 Å². The number of sulfonamides is 1. The largest absolute Gasteiger partial charge is 0.490 e. The highest BCUT2D eigenvalue weighted by atomic mass is 32.2. The third-order valence-electron chi connectivity index (χ3n) is 3.69. The van der Waals surface area contributed by atoms with Gasteiger partial charge < -0.3 is 14.8 Å². The summed E-state index contributed by atoms with van der Waals surface area (Å²) in [7, 11) is -3.48. The molecule has 2 aliphatic rings. The minimum Gasteiger partial charge on any atom is -0.490 e. The van der Waals surface area contributed by atoms with Gasteiger partial charge >= 0.3 is 0 Å². The summed E-state index contributed by atoms with van der Waals surface area (Å²) in [6.07, 6.45) is 0.798. The standard InChI is InChI=1S/C14H20N2O4S/c1-11-10-16(6-5-15-11)21(17,18)12-3-4-13-14(9-12)20-8-2-7-19-13/h3-4,9,11,15H,2,5-8,10H2,1H3/t11-/m1/s1. The minimum atomic E-state index is -3.48.